The SMILES string of the molecule is CC(C)[C@H](C)c1cnn(C2CCN(C(=O)C3(C)CCC3)CC2)c1. The second kappa shape index (κ2) is 6.29. The van der Waals surface area contributed by atoms with Crippen molar-refractivity contribution in [2.24, 2.45) is 11.3 Å². The van der Waals surface area contributed by atoms with Gasteiger partial charge in [0, 0.05) is 24.7 Å². The summed E-state index contributed by atoms with van der Waals surface area (Å²) in [6.45, 7) is 10.7. The third-order valence-corrected chi connectivity index (χ3v) is 6.25. The molecule has 2 heterocycles. The smallest absolute Gasteiger partial charge is 0.228 e. The van der Waals surface area contributed by atoms with E-state index in [4.69, 9.17) is 0 Å². The van der Waals surface area contributed by atoms with Crippen molar-refractivity contribution in [1.29, 1.82) is 0 Å². The summed E-state index contributed by atoms with van der Waals surface area (Å²) in [4.78, 5) is 14.7. The maximum Gasteiger partial charge on any atom is 0.228 e. The van der Waals surface area contributed by atoms with Gasteiger partial charge in [-0.25, -0.2) is 0 Å². The Kier molecular flexibility index (Phi) is 4.52. The standard InChI is InChI=1S/C19H31N3O/c1-14(2)15(3)16-12-20-22(13-16)17-6-10-21(11-7-17)18(23)19(4)8-5-9-19/h12-15,17H,5-11H2,1-4H3/t15-/m0/s1. The number of hydrogen-bond donors (Lipinski definition) is 0. The summed E-state index contributed by atoms with van der Waals surface area (Å²) in [5.41, 5.74) is 1.28. The van der Waals surface area contributed by atoms with Gasteiger partial charge in [0.15, 0.2) is 0 Å². The molecular weight excluding hydrogens is 286 g/mol. The normalized spacial score (nSPS) is 22.9. The molecule has 1 aromatic heterocycles. The molecule has 0 bridgehead atoms. The summed E-state index contributed by atoms with van der Waals surface area (Å²) in [7, 11) is 0. The topological polar surface area (TPSA) is 38.1 Å². The molecule has 0 N–H and O–H groups in total. The first-order valence-corrected chi connectivity index (χ1v) is 9.24. The van der Waals surface area contributed by atoms with E-state index in [-0.39, 0.29) is 5.41 Å². The van der Waals surface area contributed by atoms with Gasteiger partial charge in [0.1, 0.15) is 0 Å². The van der Waals surface area contributed by atoms with Crippen molar-refractivity contribution in [2.75, 3.05) is 13.1 Å². The van der Waals surface area contributed by atoms with Gasteiger partial charge >= 0.3 is 0 Å². The molecule has 1 saturated carbocycles. The van der Waals surface area contributed by atoms with Crippen molar-refractivity contribution in [3.8, 4) is 0 Å². The lowest BCUT2D eigenvalue weighted by Gasteiger charge is -2.43. The molecule has 0 radical (unpaired) electrons. The number of carbonyl (C=O) groups is 1. The van der Waals surface area contributed by atoms with Gasteiger partial charge in [-0.05, 0) is 43.1 Å². The number of piperidine rings is 1. The first-order valence-electron chi connectivity index (χ1n) is 9.24. The van der Waals surface area contributed by atoms with Crippen molar-refractivity contribution in [3.63, 3.8) is 0 Å². The lowest BCUT2D eigenvalue weighted by atomic mass is 9.69. The zero-order valence-corrected chi connectivity index (χ0v) is 15.1. The highest BCUT2D eigenvalue weighted by molar-refractivity contribution is 5.83. The molecule has 128 valence electrons. The lowest BCUT2D eigenvalue weighted by Crippen LogP contribution is -2.49. The summed E-state index contributed by atoms with van der Waals surface area (Å²) in [5, 5.41) is 4.60. The number of aromatic nitrogens is 2. The van der Waals surface area contributed by atoms with Crippen LogP contribution in [0.5, 0.6) is 0 Å². The summed E-state index contributed by atoms with van der Waals surface area (Å²) >= 11 is 0. The van der Waals surface area contributed by atoms with Crippen LogP contribution in [0.4, 0.5) is 0 Å². The summed E-state index contributed by atoms with van der Waals surface area (Å²) in [6, 6.07) is 0.446. The van der Waals surface area contributed by atoms with Gasteiger partial charge in [-0.15, -0.1) is 0 Å². The van der Waals surface area contributed by atoms with E-state index in [2.05, 4.69) is 48.6 Å². The Hall–Kier alpha value is -1.32. The Morgan fingerprint density at radius 3 is 2.43 bits per heavy atom. The van der Waals surface area contributed by atoms with Crippen LogP contribution in [0.15, 0.2) is 12.4 Å². The quantitative estimate of drug-likeness (QED) is 0.842. The van der Waals surface area contributed by atoms with Crippen LogP contribution in [0.2, 0.25) is 0 Å². The Morgan fingerprint density at radius 1 is 1.26 bits per heavy atom. The van der Waals surface area contributed by atoms with Crippen molar-refractivity contribution in [3.05, 3.63) is 18.0 Å². The average molecular weight is 317 g/mol. The van der Waals surface area contributed by atoms with E-state index in [1.54, 1.807) is 0 Å². The third-order valence-electron chi connectivity index (χ3n) is 6.25. The Labute approximate surface area is 140 Å². The van der Waals surface area contributed by atoms with E-state index in [1.165, 1.54) is 12.0 Å². The van der Waals surface area contributed by atoms with Gasteiger partial charge in [0.2, 0.25) is 5.91 Å². The van der Waals surface area contributed by atoms with Crippen LogP contribution < -0.4 is 0 Å². The first-order chi connectivity index (χ1) is 10.9. The molecule has 1 atom stereocenters. The van der Waals surface area contributed by atoms with Gasteiger partial charge in [-0.3, -0.25) is 9.48 Å². The van der Waals surface area contributed by atoms with Crippen LogP contribution >= 0.6 is 0 Å². The average Bonchev–Trinajstić information content (AvgIpc) is 3.01. The molecule has 1 saturated heterocycles. The predicted octanol–water partition coefficient (Wildman–Crippen LogP) is 4.00. The number of hydrogen-bond acceptors (Lipinski definition) is 2. The largest absolute Gasteiger partial charge is 0.342 e. The minimum Gasteiger partial charge on any atom is -0.342 e. The molecule has 1 amide bonds. The molecule has 1 aliphatic heterocycles. The zero-order valence-electron chi connectivity index (χ0n) is 15.1. The van der Waals surface area contributed by atoms with Crippen molar-refractivity contribution < 1.29 is 4.79 Å². The van der Waals surface area contributed by atoms with Gasteiger partial charge in [0.25, 0.3) is 0 Å². The molecular formula is C19H31N3O. The van der Waals surface area contributed by atoms with Crippen LogP contribution in [-0.2, 0) is 4.79 Å². The van der Waals surface area contributed by atoms with E-state index in [1.807, 2.05) is 6.20 Å². The summed E-state index contributed by atoms with van der Waals surface area (Å²) in [5.74, 6) is 1.57. The second-order valence-electron chi connectivity index (χ2n) is 8.22. The maximum atomic E-state index is 12.6. The second-order valence-corrected chi connectivity index (χ2v) is 8.22. The van der Waals surface area contributed by atoms with Crippen LogP contribution in [0.25, 0.3) is 0 Å². The molecule has 4 heteroatoms. The minimum atomic E-state index is -0.0571. The molecule has 0 unspecified atom stereocenters. The highest BCUT2D eigenvalue weighted by atomic mass is 16.2. The first kappa shape index (κ1) is 16.5. The molecule has 0 spiro atoms. The highest BCUT2D eigenvalue weighted by Crippen LogP contribution is 2.42. The molecule has 4 nitrogen and oxygen atoms in total. The Bertz CT molecular complexity index is 551. The van der Waals surface area contributed by atoms with Crippen molar-refractivity contribution in [2.45, 2.75) is 71.8 Å². The minimum absolute atomic E-state index is 0.0571. The Morgan fingerprint density at radius 2 is 1.91 bits per heavy atom. The zero-order chi connectivity index (χ0) is 16.6. The fourth-order valence-electron chi connectivity index (χ4n) is 3.81. The lowest BCUT2D eigenvalue weighted by molar-refractivity contribution is -0.147. The van der Waals surface area contributed by atoms with Crippen molar-refractivity contribution >= 4 is 5.91 Å². The number of rotatable bonds is 4. The summed E-state index contributed by atoms with van der Waals surface area (Å²) < 4.78 is 2.14. The molecule has 2 fully saturated rings. The fourth-order valence-corrected chi connectivity index (χ4v) is 3.81. The molecule has 0 aromatic carbocycles. The number of amides is 1. The molecule has 23 heavy (non-hydrogen) atoms. The van der Waals surface area contributed by atoms with E-state index >= 15 is 0 Å². The van der Waals surface area contributed by atoms with Gasteiger partial charge < -0.3 is 4.90 Å². The van der Waals surface area contributed by atoms with E-state index in [0.29, 0.717) is 23.8 Å². The monoisotopic (exact) mass is 317 g/mol. The van der Waals surface area contributed by atoms with Gasteiger partial charge in [-0.1, -0.05) is 34.1 Å². The van der Waals surface area contributed by atoms with E-state index < -0.39 is 0 Å². The third kappa shape index (κ3) is 3.17. The van der Waals surface area contributed by atoms with Crippen LogP contribution in [0, 0.1) is 11.3 Å². The number of carbonyl (C=O) groups excluding carboxylic acids is 1. The fraction of sp³-hybridized carbons (Fsp3) is 0.789. The van der Waals surface area contributed by atoms with Gasteiger partial charge in [0.05, 0.1) is 12.2 Å². The van der Waals surface area contributed by atoms with Crippen molar-refractivity contribution in [1.82, 2.24) is 14.7 Å². The predicted molar refractivity (Wildman–Crippen MR) is 92.3 cm³/mol. The molecule has 3 rings (SSSR count). The maximum absolute atomic E-state index is 12.6. The van der Waals surface area contributed by atoms with E-state index in [0.717, 1.165) is 38.8 Å². The van der Waals surface area contributed by atoms with E-state index in [9.17, 15) is 4.79 Å². The molecule has 1 aromatic rings. The molecule has 2 aliphatic rings. The molecule has 1 aliphatic carbocycles. The highest BCUT2D eigenvalue weighted by Gasteiger charge is 2.42. The van der Waals surface area contributed by atoms with Gasteiger partial charge in [-0.2, -0.15) is 5.10 Å². The Balaban J connectivity index is 1.58. The van der Waals surface area contributed by atoms with Crippen LogP contribution in [0.3, 0.4) is 0 Å². The van der Waals surface area contributed by atoms with Crippen LogP contribution in [0.1, 0.15) is 77.3 Å². The summed E-state index contributed by atoms with van der Waals surface area (Å²) in [6.07, 6.45) is 9.65. The van der Waals surface area contributed by atoms with Crippen LogP contribution in [-0.4, -0.2) is 33.7 Å². The number of likely N-dealkylation sites (tertiary alicyclic amines) is 1. The number of nitrogens with zero attached hydrogens (tertiary/aromatic N) is 3.